The molecule has 1 amide bonds. The fraction of sp³-hybridized carbons (Fsp3) is 0.286. The van der Waals surface area contributed by atoms with Gasteiger partial charge in [0, 0.05) is 23.2 Å². The molecular weight excluding hydrogens is 359 g/mol. The third-order valence-electron chi connectivity index (χ3n) is 3.98. The normalized spacial score (nSPS) is 11.1. The Morgan fingerprint density at radius 2 is 1.82 bits per heavy atom. The summed E-state index contributed by atoms with van der Waals surface area (Å²) in [5, 5.41) is 7.31. The number of aromatic nitrogens is 3. The maximum atomic E-state index is 13.3. The lowest BCUT2D eigenvalue weighted by molar-refractivity contribution is -0.118. The smallest absolute Gasteiger partial charge is 0.228 e. The summed E-state index contributed by atoms with van der Waals surface area (Å²) in [5.41, 5.74) is 3.00. The van der Waals surface area contributed by atoms with Crippen LogP contribution in [0.4, 0.5) is 10.2 Å². The average Bonchev–Trinajstić information content (AvgIpc) is 3.05. The zero-order valence-corrected chi connectivity index (χ0v) is 16.3. The highest BCUT2D eigenvalue weighted by Gasteiger charge is 2.16. The van der Waals surface area contributed by atoms with Crippen LogP contribution in [0, 0.1) is 11.7 Å². The van der Waals surface area contributed by atoms with Crippen LogP contribution < -0.4 is 10.2 Å². The number of halogens is 1. The Bertz CT molecular complexity index is 965. The van der Waals surface area contributed by atoms with Crippen molar-refractivity contribution in [1.82, 2.24) is 14.9 Å². The number of carbonyl (C=O) groups excluding carboxylic acids is 1. The first-order valence-electron chi connectivity index (χ1n) is 9.13. The molecule has 0 aliphatic heterocycles. The van der Waals surface area contributed by atoms with E-state index in [4.69, 9.17) is 4.84 Å². The Kier molecular flexibility index (Phi) is 5.73. The molecule has 28 heavy (non-hydrogen) atoms. The number of benzene rings is 1. The van der Waals surface area contributed by atoms with Gasteiger partial charge in [0.05, 0.1) is 6.20 Å². The van der Waals surface area contributed by atoms with E-state index in [0.29, 0.717) is 11.5 Å². The van der Waals surface area contributed by atoms with Crippen LogP contribution in [0.1, 0.15) is 27.7 Å². The van der Waals surface area contributed by atoms with Gasteiger partial charge in [0.2, 0.25) is 5.91 Å². The van der Waals surface area contributed by atoms with Crippen LogP contribution in [-0.4, -0.2) is 26.9 Å². The first-order valence-corrected chi connectivity index (χ1v) is 9.13. The molecule has 0 atom stereocenters. The second-order valence-corrected chi connectivity index (χ2v) is 7.03. The van der Waals surface area contributed by atoms with Crippen molar-refractivity contribution < 1.29 is 14.0 Å². The van der Waals surface area contributed by atoms with Crippen molar-refractivity contribution >= 4 is 11.7 Å². The minimum atomic E-state index is -0.314. The predicted molar refractivity (Wildman–Crippen MR) is 106 cm³/mol. The van der Waals surface area contributed by atoms with E-state index in [1.807, 2.05) is 33.8 Å². The van der Waals surface area contributed by atoms with Gasteiger partial charge >= 0.3 is 0 Å². The number of carbonyl (C=O) groups is 1. The molecule has 3 rings (SSSR count). The summed E-state index contributed by atoms with van der Waals surface area (Å²) in [4.78, 5) is 23.3. The van der Waals surface area contributed by atoms with Crippen molar-refractivity contribution in [3.05, 3.63) is 54.6 Å². The Morgan fingerprint density at radius 3 is 2.46 bits per heavy atom. The number of hydrogen-bond acceptors (Lipinski definition) is 4. The molecule has 0 unspecified atom stereocenters. The average molecular weight is 382 g/mol. The molecule has 0 saturated heterocycles. The van der Waals surface area contributed by atoms with Crippen molar-refractivity contribution in [3.8, 4) is 22.4 Å². The molecule has 0 fully saturated rings. The number of pyridine rings is 1. The molecule has 6 nitrogen and oxygen atoms in total. The van der Waals surface area contributed by atoms with Gasteiger partial charge in [0.25, 0.3) is 0 Å². The second kappa shape index (κ2) is 8.21. The summed E-state index contributed by atoms with van der Waals surface area (Å²) in [6.07, 6.45) is 3.33. The number of anilines is 1. The summed E-state index contributed by atoms with van der Waals surface area (Å²) in [6.45, 7) is 7.45. The van der Waals surface area contributed by atoms with Crippen LogP contribution in [0.15, 0.2) is 48.8 Å². The molecule has 3 aromatic rings. The number of rotatable bonds is 6. The summed E-state index contributed by atoms with van der Waals surface area (Å²) in [6, 6.07) is 9.73. The molecule has 146 valence electrons. The van der Waals surface area contributed by atoms with Crippen LogP contribution in [0.25, 0.3) is 22.4 Å². The van der Waals surface area contributed by atoms with E-state index in [-0.39, 0.29) is 23.7 Å². The van der Waals surface area contributed by atoms with Crippen LogP contribution in [-0.2, 0) is 4.79 Å². The van der Waals surface area contributed by atoms with E-state index >= 15 is 0 Å². The van der Waals surface area contributed by atoms with Crippen molar-refractivity contribution in [2.45, 2.75) is 33.8 Å². The van der Waals surface area contributed by atoms with E-state index in [9.17, 15) is 9.18 Å². The molecule has 0 spiro atoms. The number of nitrogens with zero attached hydrogens (tertiary/aromatic N) is 3. The highest BCUT2D eigenvalue weighted by atomic mass is 19.1. The first kappa shape index (κ1) is 19.5. The molecule has 0 aliphatic rings. The summed E-state index contributed by atoms with van der Waals surface area (Å²) in [5.74, 6) is -0.116. The Labute approximate surface area is 163 Å². The molecule has 1 aromatic carbocycles. The molecule has 1 N–H and O–H groups in total. The van der Waals surface area contributed by atoms with Crippen molar-refractivity contribution in [1.29, 1.82) is 0 Å². The quantitative estimate of drug-likeness (QED) is 0.694. The van der Waals surface area contributed by atoms with Gasteiger partial charge in [0.15, 0.2) is 0 Å². The minimum Gasteiger partial charge on any atom is -0.394 e. The molecule has 0 saturated carbocycles. The summed E-state index contributed by atoms with van der Waals surface area (Å²) < 4.78 is 13.3. The summed E-state index contributed by atoms with van der Waals surface area (Å²) in [7, 11) is 0. The van der Waals surface area contributed by atoms with Crippen LogP contribution in [0.3, 0.4) is 0 Å². The topological polar surface area (TPSA) is 69.0 Å². The lowest BCUT2D eigenvalue weighted by Crippen LogP contribution is -2.19. The van der Waals surface area contributed by atoms with E-state index in [0.717, 1.165) is 16.7 Å². The van der Waals surface area contributed by atoms with Crippen molar-refractivity contribution in [3.63, 3.8) is 0 Å². The van der Waals surface area contributed by atoms with E-state index in [2.05, 4.69) is 15.4 Å². The van der Waals surface area contributed by atoms with Gasteiger partial charge in [-0.05, 0) is 55.8 Å². The molecule has 0 radical (unpaired) electrons. The first-order chi connectivity index (χ1) is 13.3. The van der Waals surface area contributed by atoms with Gasteiger partial charge in [-0.25, -0.2) is 9.37 Å². The maximum Gasteiger partial charge on any atom is 0.228 e. The van der Waals surface area contributed by atoms with Crippen LogP contribution in [0.5, 0.6) is 0 Å². The SMILES string of the molecule is CC(C)On1cc(-c2ccnc(NC(=O)C(C)C)c2)c(-c2ccc(F)cc2)n1. The Morgan fingerprint density at radius 1 is 1.11 bits per heavy atom. The van der Waals surface area contributed by atoms with Gasteiger partial charge in [-0.3, -0.25) is 4.79 Å². The van der Waals surface area contributed by atoms with Gasteiger partial charge in [-0.2, -0.15) is 0 Å². The third-order valence-corrected chi connectivity index (χ3v) is 3.98. The van der Waals surface area contributed by atoms with Gasteiger partial charge in [0.1, 0.15) is 23.4 Å². The van der Waals surface area contributed by atoms with E-state index < -0.39 is 0 Å². The van der Waals surface area contributed by atoms with E-state index in [1.165, 1.54) is 17.0 Å². The minimum absolute atomic E-state index is 0.0628. The zero-order valence-electron chi connectivity index (χ0n) is 16.3. The fourth-order valence-corrected chi connectivity index (χ4v) is 2.59. The lowest BCUT2D eigenvalue weighted by Gasteiger charge is -2.08. The monoisotopic (exact) mass is 382 g/mol. The predicted octanol–water partition coefficient (Wildman–Crippen LogP) is 4.18. The third kappa shape index (κ3) is 4.54. The largest absolute Gasteiger partial charge is 0.394 e. The Hall–Kier alpha value is -3.22. The molecule has 2 heterocycles. The van der Waals surface area contributed by atoms with Crippen molar-refractivity contribution in [2.75, 3.05) is 5.32 Å². The van der Waals surface area contributed by atoms with E-state index in [1.54, 1.807) is 30.6 Å². The van der Waals surface area contributed by atoms with Gasteiger partial charge < -0.3 is 10.2 Å². The van der Waals surface area contributed by atoms with Gasteiger partial charge in [-0.15, -0.1) is 9.94 Å². The van der Waals surface area contributed by atoms with Crippen LogP contribution in [0.2, 0.25) is 0 Å². The number of hydrogen-bond donors (Lipinski definition) is 1. The second-order valence-electron chi connectivity index (χ2n) is 7.03. The lowest BCUT2D eigenvalue weighted by atomic mass is 10.0. The highest BCUT2D eigenvalue weighted by molar-refractivity contribution is 5.92. The molecule has 7 heteroatoms. The maximum absolute atomic E-state index is 13.3. The van der Waals surface area contributed by atoms with Crippen molar-refractivity contribution in [2.24, 2.45) is 5.92 Å². The molecule has 2 aromatic heterocycles. The zero-order chi connectivity index (χ0) is 20.3. The fourth-order valence-electron chi connectivity index (χ4n) is 2.59. The molecule has 0 aliphatic carbocycles. The van der Waals surface area contributed by atoms with Crippen LogP contribution >= 0.6 is 0 Å². The molecule has 0 bridgehead atoms. The Balaban J connectivity index is 2.03. The standard InChI is InChI=1S/C21H23FN4O2/c1-13(2)21(27)24-19-11-16(9-10-23-19)18-12-26(28-14(3)4)25-20(18)15-5-7-17(22)8-6-15/h5-14H,1-4H3,(H,23,24,27). The van der Waals surface area contributed by atoms with Gasteiger partial charge in [-0.1, -0.05) is 13.8 Å². The highest BCUT2D eigenvalue weighted by Crippen LogP contribution is 2.32. The molecular formula is C21H23FN4O2. The summed E-state index contributed by atoms with van der Waals surface area (Å²) >= 11 is 0. The number of nitrogens with one attached hydrogen (secondary N) is 1. The number of amides is 1.